The van der Waals surface area contributed by atoms with Gasteiger partial charge in [0, 0.05) is 11.5 Å². The standard InChI is InChI=1S/2C10H11N3O5S/c2*1-19-6-8-5-12(10(14)18-8)11-4-7-2-3-9(17-7)13(15)16/h2*2-4,8H,5-6H2,1H3/b2*11-4+/t2*8-/m10/s1. The maximum absolute atomic E-state index is 11.4. The molecule has 2 aliphatic rings. The highest BCUT2D eigenvalue weighted by Gasteiger charge is 2.31. The van der Waals surface area contributed by atoms with Crippen molar-refractivity contribution in [3.63, 3.8) is 0 Å². The molecule has 0 spiro atoms. The number of hydrazone groups is 2. The average Bonchev–Trinajstić information content (AvgIpc) is 3.65. The van der Waals surface area contributed by atoms with E-state index in [4.69, 9.17) is 18.3 Å². The van der Waals surface area contributed by atoms with Gasteiger partial charge >= 0.3 is 24.0 Å². The Hall–Kier alpha value is -4.06. The van der Waals surface area contributed by atoms with Crippen molar-refractivity contribution in [1.29, 1.82) is 0 Å². The van der Waals surface area contributed by atoms with Gasteiger partial charge in [0.1, 0.15) is 22.1 Å². The van der Waals surface area contributed by atoms with Gasteiger partial charge in [-0.15, -0.1) is 0 Å². The minimum atomic E-state index is -0.643. The number of carbonyl (C=O) groups is 2. The van der Waals surface area contributed by atoms with E-state index in [9.17, 15) is 29.8 Å². The number of thioether (sulfide) groups is 2. The van der Waals surface area contributed by atoms with Crippen LogP contribution in [0.1, 0.15) is 11.5 Å². The molecule has 2 aromatic heterocycles. The van der Waals surface area contributed by atoms with Crippen molar-refractivity contribution in [2.45, 2.75) is 12.2 Å². The van der Waals surface area contributed by atoms with E-state index in [1.165, 1.54) is 36.7 Å². The second-order valence-corrected chi connectivity index (χ2v) is 9.26. The SMILES string of the molecule is CSC[C@@H]1CN(/N=C/c2ccc([N+](=O)[O-])o2)C(=O)O1.CSC[C@H]1CN(/N=C/c2ccc([N+](=O)[O-])o2)C(=O)O1. The van der Waals surface area contributed by atoms with Gasteiger partial charge in [-0.05, 0) is 24.6 Å². The first-order chi connectivity index (χ1) is 18.2. The molecule has 2 amide bonds. The quantitative estimate of drug-likeness (QED) is 0.230. The fraction of sp³-hybridized carbons (Fsp3) is 0.400. The number of hydrogen-bond acceptors (Lipinski definition) is 14. The number of ether oxygens (including phenoxy) is 2. The van der Waals surface area contributed by atoms with E-state index in [1.54, 1.807) is 23.5 Å². The first-order valence-corrected chi connectivity index (χ1v) is 13.5. The van der Waals surface area contributed by atoms with Crippen LogP contribution in [0, 0.1) is 20.2 Å². The molecular formula is C20H22N6O10S2. The van der Waals surface area contributed by atoms with Gasteiger partial charge in [0.15, 0.2) is 11.5 Å². The number of hydrogen-bond donors (Lipinski definition) is 0. The highest BCUT2D eigenvalue weighted by molar-refractivity contribution is 7.98. The zero-order valence-corrected chi connectivity index (χ0v) is 21.7. The van der Waals surface area contributed by atoms with Crippen molar-refractivity contribution < 1.29 is 37.7 Å². The first-order valence-electron chi connectivity index (χ1n) is 10.7. The molecule has 16 nitrogen and oxygen atoms in total. The molecule has 0 unspecified atom stereocenters. The largest absolute Gasteiger partial charge is 0.442 e. The fourth-order valence-electron chi connectivity index (χ4n) is 3.02. The van der Waals surface area contributed by atoms with E-state index >= 15 is 0 Å². The summed E-state index contributed by atoms with van der Waals surface area (Å²) in [5.74, 6) is 1.06. The van der Waals surface area contributed by atoms with Crippen LogP contribution in [-0.2, 0) is 9.47 Å². The lowest BCUT2D eigenvalue weighted by atomic mass is 10.4. The number of nitro groups is 2. The minimum Gasteiger partial charge on any atom is -0.442 e. The van der Waals surface area contributed by atoms with Gasteiger partial charge in [0.25, 0.3) is 0 Å². The number of nitrogens with zero attached hydrogens (tertiary/aromatic N) is 6. The summed E-state index contributed by atoms with van der Waals surface area (Å²) in [6.07, 6.45) is 4.89. The monoisotopic (exact) mass is 570 g/mol. The Balaban J connectivity index is 0.000000211. The molecule has 0 bridgehead atoms. The van der Waals surface area contributed by atoms with Crippen molar-refractivity contribution in [2.75, 3.05) is 37.1 Å². The average molecular weight is 571 g/mol. The van der Waals surface area contributed by atoms with Crippen LogP contribution in [-0.4, -0.2) is 93.8 Å². The van der Waals surface area contributed by atoms with E-state index in [0.29, 0.717) is 24.6 Å². The van der Waals surface area contributed by atoms with Crippen LogP contribution in [0.15, 0.2) is 43.3 Å². The Kier molecular flexibility index (Phi) is 10.1. The number of rotatable bonds is 10. The van der Waals surface area contributed by atoms with Crippen molar-refractivity contribution >= 4 is 59.9 Å². The van der Waals surface area contributed by atoms with Gasteiger partial charge in [-0.1, -0.05) is 0 Å². The molecule has 2 aliphatic heterocycles. The third kappa shape index (κ3) is 7.97. The van der Waals surface area contributed by atoms with Crippen LogP contribution >= 0.6 is 23.5 Å². The molecule has 4 rings (SSSR count). The molecule has 0 radical (unpaired) electrons. The lowest BCUT2D eigenvalue weighted by molar-refractivity contribution is -0.402. The first kappa shape index (κ1) is 28.5. The summed E-state index contributed by atoms with van der Waals surface area (Å²) in [5, 5.41) is 30.9. The molecular weight excluding hydrogens is 548 g/mol. The number of cyclic esters (lactones) is 2. The molecule has 0 N–H and O–H groups in total. The normalized spacial score (nSPS) is 19.1. The third-order valence-corrected chi connectivity index (χ3v) is 6.06. The van der Waals surface area contributed by atoms with E-state index < -0.39 is 22.0 Å². The highest BCUT2D eigenvalue weighted by Crippen LogP contribution is 2.18. The molecule has 2 atom stereocenters. The highest BCUT2D eigenvalue weighted by atomic mass is 32.2. The number of carbonyl (C=O) groups excluding carboxylic acids is 2. The van der Waals surface area contributed by atoms with Gasteiger partial charge in [-0.25, -0.2) is 9.59 Å². The van der Waals surface area contributed by atoms with Crippen LogP contribution in [0.5, 0.6) is 0 Å². The summed E-state index contributed by atoms with van der Waals surface area (Å²) in [5.41, 5.74) is 0. The minimum absolute atomic E-state index is 0.189. The van der Waals surface area contributed by atoms with E-state index in [0.717, 1.165) is 10.0 Å². The Bertz CT molecular complexity index is 1120. The van der Waals surface area contributed by atoms with E-state index in [-0.39, 0.29) is 35.5 Å². The van der Waals surface area contributed by atoms with E-state index in [2.05, 4.69) is 10.2 Å². The molecule has 2 saturated heterocycles. The smallest absolute Gasteiger partial charge is 0.433 e. The molecule has 0 saturated carbocycles. The summed E-state index contributed by atoms with van der Waals surface area (Å²) in [6.45, 7) is 0.720. The van der Waals surface area contributed by atoms with Crippen LogP contribution < -0.4 is 0 Å². The molecule has 2 fully saturated rings. The van der Waals surface area contributed by atoms with Gasteiger partial charge in [-0.3, -0.25) is 20.2 Å². The van der Waals surface area contributed by atoms with E-state index in [1.807, 2.05) is 12.5 Å². The topological polar surface area (TPSA) is 196 Å². The lowest BCUT2D eigenvalue weighted by Crippen LogP contribution is -2.19. The summed E-state index contributed by atoms with van der Waals surface area (Å²) in [7, 11) is 0. The Morgan fingerprint density at radius 3 is 1.55 bits per heavy atom. The fourth-order valence-corrected chi connectivity index (χ4v) is 4.11. The van der Waals surface area contributed by atoms with Gasteiger partial charge < -0.3 is 18.3 Å². The predicted molar refractivity (Wildman–Crippen MR) is 137 cm³/mol. The third-order valence-electron chi connectivity index (χ3n) is 4.65. The summed E-state index contributed by atoms with van der Waals surface area (Å²) >= 11 is 3.15. The Labute approximate surface area is 223 Å². The van der Waals surface area contributed by atoms with Crippen molar-refractivity contribution in [3.8, 4) is 0 Å². The van der Waals surface area contributed by atoms with Gasteiger partial charge in [0.2, 0.25) is 0 Å². The number of amides is 2. The second kappa shape index (κ2) is 13.5. The van der Waals surface area contributed by atoms with Crippen LogP contribution in [0.2, 0.25) is 0 Å². The molecule has 0 aromatic carbocycles. The Morgan fingerprint density at radius 2 is 1.24 bits per heavy atom. The summed E-state index contributed by atoms with van der Waals surface area (Å²) < 4.78 is 19.9. The zero-order valence-electron chi connectivity index (χ0n) is 20.0. The Morgan fingerprint density at radius 1 is 0.842 bits per heavy atom. The molecule has 204 valence electrons. The van der Waals surface area contributed by atoms with Gasteiger partial charge in [-0.2, -0.15) is 43.7 Å². The molecule has 18 heteroatoms. The molecule has 2 aromatic rings. The van der Waals surface area contributed by atoms with Crippen molar-refractivity contribution in [3.05, 3.63) is 56.0 Å². The predicted octanol–water partition coefficient (Wildman–Crippen LogP) is 3.41. The second-order valence-electron chi connectivity index (χ2n) is 7.44. The maximum Gasteiger partial charge on any atom is 0.433 e. The van der Waals surface area contributed by atoms with Crippen molar-refractivity contribution in [2.24, 2.45) is 10.2 Å². The molecule has 4 heterocycles. The van der Waals surface area contributed by atoms with Crippen LogP contribution in [0.4, 0.5) is 21.4 Å². The van der Waals surface area contributed by atoms with Gasteiger partial charge in [0.05, 0.1) is 37.7 Å². The summed E-state index contributed by atoms with van der Waals surface area (Å²) in [6, 6.07) is 5.26. The molecule has 38 heavy (non-hydrogen) atoms. The van der Waals surface area contributed by atoms with Crippen LogP contribution in [0.25, 0.3) is 0 Å². The summed E-state index contributed by atoms with van der Waals surface area (Å²) in [4.78, 5) is 42.4. The lowest BCUT2D eigenvalue weighted by Gasteiger charge is -2.04. The zero-order chi connectivity index (χ0) is 27.7. The molecule has 0 aliphatic carbocycles. The number of furan rings is 2. The van der Waals surface area contributed by atoms with Crippen LogP contribution in [0.3, 0.4) is 0 Å². The van der Waals surface area contributed by atoms with Crippen molar-refractivity contribution in [1.82, 2.24) is 10.0 Å². The maximum atomic E-state index is 11.4.